The zero-order valence-electron chi connectivity index (χ0n) is 12.6. The van der Waals surface area contributed by atoms with E-state index in [9.17, 15) is 24.3 Å². The number of methoxy groups -OCH3 is 1. The minimum atomic E-state index is -1.04. The fourth-order valence-electron chi connectivity index (χ4n) is 2.33. The summed E-state index contributed by atoms with van der Waals surface area (Å²) >= 11 is 0. The van der Waals surface area contributed by atoms with Crippen LogP contribution < -0.4 is 11.1 Å². The summed E-state index contributed by atoms with van der Waals surface area (Å²) in [5.41, 5.74) is 5.20. The number of carbonyl (C=O) groups is 4. The van der Waals surface area contributed by atoms with Crippen molar-refractivity contribution in [2.75, 3.05) is 13.7 Å². The van der Waals surface area contributed by atoms with Crippen LogP contribution >= 0.6 is 0 Å². The molecule has 0 radical (unpaired) electrons. The molecule has 22 heavy (non-hydrogen) atoms. The highest BCUT2D eigenvalue weighted by atomic mass is 16.5. The van der Waals surface area contributed by atoms with Crippen molar-refractivity contribution in [1.82, 2.24) is 10.2 Å². The number of aliphatic hydroxyl groups is 1. The Labute approximate surface area is 127 Å². The Morgan fingerprint density at radius 2 is 2.05 bits per heavy atom. The summed E-state index contributed by atoms with van der Waals surface area (Å²) in [5.74, 6) is -2.24. The molecule has 0 spiro atoms. The first-order valence-electron chi connectivity index (χ1n) is 6.88. The van der Waals surface area contributed by atoms with E-state index in [1.807, 2.05) is 0 Å². The average Bonchev–Trinajstić information content (AvgIpc) is 2.84. The molecule has 0 aromatic carbocycles. The first-order valence-corrected chi connectivity index (χ1v) is 6.88. The second-order valence-corrected chi connectivity index (χ2v) is 5.16. The minimum absolute atomic E-state index is 0.00307. The van der Waals surface area contributed by atoms with Crippen LogP contribution in [0.5, 0.6) is 0 Å². The van der Waals surface area contributed by atoms with Crippen LogP contribution in [0.3, 0.4) is 0 Å². The van der Waals surface area contributed by atoms with Gasteiger partial charge in [-0.3, -0.25) is 19.2 Å². The Balaban J connectivity index is 2.68. The molecule has 1 heterocycles. The van der Waals surface area contributed by atoms with Crippen LogP contribution in [0.2, 0.25) is 0 Å². The summed E-state index contributed by atoms with van der Waals surface area (Å²) in [6, 6.07) is -1.90. The molecule has 0 aliphatic carbocycles. The van der Waals surface area contributed by atoms with Gasteiger partial charge in [0.25, 0.3) is 0 Å². The molecule has 0 saturated carbocycles. The number of nitrogens with two attached hydrogens (primary N) is 1. The molecule has 4 N–H and O–H groups in total. The van der Waals surface area contributed by atoms with E-state index >= 15 is 0 Å². The Morgan fingerprint density at radius 1 is 1.41 bits per heavy atom. The van der Waals surface area contributed by atoms with Crippen molar-refractivity contribution >= 4 is 23.7 Å². The molecule has 3 atom stereocenters. The van der Waals surface area contributed by atoms with E-state index < -0.39 is 36.0 Å². The van der Waals surface area contributed by atoms with Crippen LogP contribution in [0, 0.1) is 0 Å². The highest BCUT2D eigenvalue weighted by Gasteiger charge is 2.38. The van der Waals surface area contributed by atoms with Gasteiger partial charge in [-0.2, -0.15) is 0 Å². The number of hydrogen-bond donors (Lipinski definition) is 3. The fraction of sp³-hybridized carbons (Fsp3) is 0.692. The molecule has 0 aromatic heterocycles. The van der Waals surface area contributed by atoms with Crippen LogP contribution in [-0.4, -0.2) is 65.5 Å². The maximum atomic E-state index is 12.2. The van der Waals surface area contributed by atoms with E-state index in [1.54, 1.807) is 0 Å². The van der Waals surface area contributed by atoms with Gasteiger partial charge in [-0.25, -0.2) is 0 Å². The summed E-state index contributed by atoms with van der Waals surface area (Å²) in [6.07, 6.45) is -0.771. The minimum Gasteiger partial charge on any atom is -0.469 e. The number of ether oxygens (including phenoxy) is 1. The summed E-state index contributed by atoms with van der Waals surface area (Å²) in [6.45, 7) is 1.36. The Bertz CT molecular complexity index is 467. The first kappa shape index (κ1) is 17.9. The van der Waals surface area contributed by atoms with E-state index in [2.05, 4.69) is 10.1 Å². The third-order valence-corrected chi connectivity index (χ3v) is 3.51. The summed E-state index contributed by atoms with van der Waals surface area (Å²) in [4.78, 5) is 47.3. The number of nitrogens with one attached hydrogen (secondary N) is 1. The summed E-state index contributed by atoms with van der Waals surface area (Å²) < 4.78 is 4.46. The van der Waals surface area contributed by atoms with Gasteiger partial charge in [-0.1, -0.05) is 0 Å². The number of esters is 1. The van der Waals surface area contributed by atoms with Crippen LogP contribution in [0.15, 0.2) is 0 Å². The van der Waals surface area contributed by atoms with Crippen molar-refractivity contribution in [2.45, 2.75) is 44.4 Å². The molecule has 0 unspecified atom stereocenters. The molecule has 124 valence electrons. The molecule has 1 saturated heterocycles. The smallest absolute Gasteiger partial charge is 0.305 e. The lowest BCUT2D eigenvalue weighted by Gasteiger charge is -2.24. The zero-order chi connectivity index (χ0) is 16.9. The maximum absolute atomic E-state index is 12.2. The van der Waals surface area contributed by atoms with Crippen molar-refractivity contribution in [3.63, 3.8) is 0 Å². The molecule has 1 aliphatic heterocycles. The van der Waals surface area contributed by atoms with Crippen molar-refractivity contribution in [2.24, 2.45) is 5.73 Å². The van der Waals surface area contributed by atoms with Gasteiger partial charge >= 0.3 is 5.97 Å². The molecule has 1 rings (SSSR count). The Morgan fingerprint density at radius 3 is 2.55 bits per heavy atom. The van der Waals surface area contributed by atoms with E-state index in [0.29, 0.717) is 0 Å². The van der Waals surface area contributed by atoms with Crippen molar-refractivity contribution in [3.8, 4) is 0 Å². The lowest BCUT2D eigenvalue weighted by atomic mass is 10.1. The lowest BCUT2D eigenvalue weighted by molar-refractivity contribution is -0.141. The number of nitrogens with zero attached hydrogens (tertiary/aromatic N) is 1. The number of amides is 3. The highest BCUT2D eigenvalue weighted by molar-refractivity contribution is 5.91. The van der Waals surface area contributed by atoms with Crippen molar-refractivity contribution in [3.05, 3.63) is 0 Å². The maximum Gasteiger partial charge on any atom is 0.305 e. The SMILES string of the molecule is COC(=O)CC[C@H](NC(=O)[C@@H]1C[C@@H](O)CN1C(C)=O)C(N)=O. The first-order chi connectivity index (χ1) is 10.3. The van der Waals surface area contributed by atoms with Crippen LogP contribution in [0.1, 0.15) is 26.2 Å². The number of hydrogen-bond acceptors (Lipinski definition) is 6. The van der Waals surface area contributed by atoms with Crippen molar-refractivity contribution < 1.29 is 29.0 Å². The van der Waals surface area contributed by atoms with Gasteiger partial charge in [-0.05, 0) is 6.42 Å². The van der Waals surface area contributed by atoms with E-state index in [1.165, 1.54) is 18.9 Å². The van der Waals surface area contributed by atoms with Gasteiger partial charge in [0.2, 0.25) is 17.7 Å². The second kappa shape index (κ2) is 7.74. The normalized spacial score (nSPS) is 22.0. The number of β-amino-alcohol motifs (C(OH)–C–C–N with tert-alkyl or cyclic N) is 1. The van der Waals surface area contributed by atoms with Crippen LogP contribution in [0.25, 0.3) is 0 Å². The molecular formula is C13H21N3O6. The van der Waals surface area contributed by atoms with Gasteiger partial charge in [0.05, 0.1) is 13.2 Å². The van der Waals surface area contributed by atoms with Gasteiger partial charge in [0.1, 0.15) is 12.1 Å². The number of primary amides is 1. The largest absolute Gasteiger partial charge is 0.469 e. The van der Waals surface area contributed by atoms with Crippen molar-refractivity contribution in [1.29, 1.82) is 0 Å². The quantitative estimate of drug-likeness (QED) is 0.479. The number of rotatable bonds is 6. The standard InChI is InChI=1S/C13H21N3O6/c1-7(17)16-6-8(18)5-10(16)13(21)15-9(12(14)20)3-4-11(19)22-2/h8-10,18H,3-6H2,1-2H3,(H2,14,20)(H,15,21)/t8-,9+,10+/m1/s1. The number of aliphatic hydroxyl groups excluding tert-OH is 1. The van der Waals surface area contributed by atoms with E-state index in [0.717, 1.165) is 0 Å². The predicted octanol–water partition coefficient (Wildman–Crippen LogP) is -2.11. The molecule has 1 aliphatic rings. The zero-order valence-corrected chi connectivity index (χ0v) is 12.6. The highest BCUT2D eigenvalue weighted by Crippen LogP contribution is 2.18. The second-order valence-electron chi connectivity index (χ2n) is 5.16. The van der Waals surface area contributed by atoms with Gasteiger partial charge in [-0.15, -0.1) is 0 Å². The summed E-state index contributed by atoms with van der Waals surface area (Å²) in [5, 5.41) is 12.0. The number of carbonyl (C=O) groups excluding carboxylic acids is 4. The average molecular weight is 315 g/mol. The molecule has 3 amide bonds. The predicted molar refractivity (Wildman–Crippen MR) is 74.2 cm³/mol. The molecule has 9 nitrogen and oxygen atoms in total. The third-order valence-electron chi connectivity index (χ3n) is 3.51. The summed E-state index contributed by atoms with van der Waals surface area (Å²) in [7, 11) is 1.21. The van der Waals surface area contributed by atoms with E-state index in [4.69, 9.17) is 5.73 Å². The number of likely N-dealkylation sites (tertiary alicyclic amines) is 1. The fourth-order valence-corrected chi connectivity index (χ4v) is 2.33. The van der Waals surface area contributed by atoms with Crippen LogP contribution in [0.4, 0.5) is 0 Å². The molecular weight excluding hydrogens is 294 g/mol. The molecule has 9 heteroatoms. The monoisotopic (exact) mass is 315 g/mol. The van der Waals surface area contributed by atoms with Gasteiger partial charge < -0.3 is 25.8 Å². The van der Waals surface area contributed by atoms with E-state index in [-0.39, 0.29) is 31.7 Å². The van der Waals surface area contributed by atoms with Gasteiger partial charge in [0, 0.05) is 26.3 Å². The molecule has 0 bridgehead atoms. The Kier molecular flexibility index (Phi) is 6.29. The topological polar surface area (TPSA) is 139 Å². The third kappa shape index (κ3) is 4.69. The lowest BCUT2D eigenvalue weighted by Crippen LogP contribution is -2.52. The molecule has 1 fully saturated rings. The van der Waals surface area contributed by atoms with Gasteiger partial charge in [0.15, 0.2) is 0 Å². The van der Waals surface area contributed by atoms with Crippen LogP contribution in [-0.2, 0) is 23.9 Å². The Hall–Kier alpha value is -2.16. The molecule has 0 aromatic rings.